The molecule has 1 aromatic carbocycles. The standard InChI is InChI=1S/C16H24Cl2N2O/c17-15-6-3-7-16(18)14(15)11-19-8-1-2-9-20-10-4-5-13(20)12-21/h3,6-7,13,19,21H,1-2,4-5,8-12H2. The average molecular weight is 331 g/mol. The van der Waals surface area contributed by atoms with E-state index in [-0.39, 0.29) is 0 Å². The molecule has 118 valence electrons. The topological polar surface area (TPSA) is 35.5 Å². The minimum atomic E-state index is 0.295. The van der Waals surface area contributed by atoms with E-state index in [1.165, 1.54) is 6.42 Å². The quantitative estimate of drug-likeness (QED) is 0.718. The predicted molar refractivity (Wildman–Crippen MR) is 89.1 cm³/mol. The number of benzene rings is 1. The third-order valence-corrected chi connectivity index (χ3v) is 4.83. The zero-order chi connectivity index (χ0) is 15.1. The molecule has 2 N–H and O–H groups in total. The lowest BCUT2D eigenvalue weighted by molar-refractivity contribution is 0.157. The molecule has 5 heteroatoms. The van der Waals surface area contributed by atoms with Gasteiger partial charge in [0.15, 0.2) is 0 Å². The maximum Gasteiger partial charge on any atom is 0.0586 e. The van der Waals surface area contributed by atoms with Gasteiger partial charge in [-0.05, 0) is 57.5 Å². The summed E-state index contributed by atoms with van der Waals surface area (Å²) in [7, 11) is 0. The zero-order valence-electron chi connectivity index (χ0n) is 12.3. The maximum absolute atomic E-state index is 9.28. The van der Waals surface area contributed by atoms with Crippen molar-refractivity contribution in [3.63, 3.8) is 0 Å². The summed E-state index contributed by atoms with van der Waals surface area (Å²) in [5.74, 6) is 0. The SMILES string of the molecule is OCC1CCCN1CCCCNCc1c(Cl)cccc1Cl. The molecule has 1 aliphatic rings. The highest BCUT2D eigenvalue weighted by Crippen LogP contribution is 2.23. The van der Waals surface area contributed by atoms with Crippen molar-refractivity contribution in [3.8, 4) is 0 Å². The van der Waals surface area contributed by atoms with Crippen LogP contribution in [0.4, 0.5) is 0 Å². The van der Waals surface area contributed by atoms with Gasteiger partial charge in [0, 0.05) is 28.2 Å². The zero-order valence-corrected chi connectivity index (χ0v) is 13.8. The molecule has 2 rings (SSSR count). The molecule has 0 bridgehead atoms. The molecule has 0 aromatic heterocycles. The van der Waals surface area contributed by atoms with E-state index in [1.54, 1.807) is 0 Å². The number of hydrogen-bond donors (Lipinski definition) is 2. The molecule has 1 aliphatic heterocycles. The van der Waals surface area contributed by atoms with Gasteiger partial charge < -0.3 is 10.4 Å². The monoisotopic (exact) mass is 330 g/mol. The van der Waals surface area contributed by atoms with Crippen molar-refractivity contribution in [1.29, 1.82) is 0 Å². The minimum Gasteiger partial charge on any atom is -0.395 e. The smallest absolute Gasteiger partial charge is 0.0586 e. The Kier molecular flexibility index (Phi) is 7.27. The number of aliphatic hydroxyl groups is 1. The van der Waals surface area contributed by atoms with Crippen molar-refractivity contribution < 1.29 is 5.11 Å². The van der Waals surface area contributed by atoms with Crippen LogP contribution in [0.2, 0.25) is 10.0 Å². The van der Waals surface area contributed by atoms with Crippen LogP contribution in [0.1, 0.15) is 31.2 Å². The lowest BCUT2D eigenvalue weighted by Gasteiger charge is -2.22. The van der Waals surface area contributed by atoms with Crippen LogP contribution < -0.4 is 5.32 Å². The Morgan fingerprint density at radius 3 is 2.71 bits per heavy atom. The Labute approximate surface area is 137 Å². The van der Waals surface area contributed by atoms with Crippen LogP contribution >= 0.6 is 23.2 Å². The van der Waals surface area contributed by atoms with E-state index in [0.29, 0.717) is 19.2 Å². The van der Waals surface area contributed by atoms with Gasteiger partial charge in [-0.15, -0.1) is 0 Å². The molecule has 21 heavy (non-hydrogen) atoms. The van der Waals surface area contributed by atoms with Crippen LogP contribution in [0, 0.1) is 0 Å². The number of nitrogens with one attached hydrogen (secondary N) is 1. The fourth-order valence-electron chi connectivity index (χ4n) is 2.88. The summed E-state index contributed by atoms with van der Waals surface area (Å²) in [5, 5.41) is 14.1. The second-order valence-electron chi connectivity index (χ2n) is 5.60. The Morgan fingerprint density at radius 1 is 1.24 bits per heavy atom. The van der Waals surface area contributed by atoms with Gasteiger partial charge in [-0.1, -0.05) is 29.3 Å². The predicted octanol–water partition coefficient (Wildman–Crippen LogP) is 3.32. The van der Waals surface area contributed by atoms with Gasteiger partial charge >= 0.3 is 0 Å². The largest absolute Gasteiger partial charge is 0.395 e. The summed E-state index contributed by atoms with van der Waals surface area (Å²) in [6, 6.07) is 5.99. The number of aliphatic hydroxyl groups excluding tert-OH is 1. The first-order chi connectivity index (χ1) is 10.2. The van der Waals surface area contributed by atoms with Gasteiger partial charge in [0.1, 0.15) is 0 Å². The summed E-state index contributed by atoms with van der Waals surface area (Å²) >= 11 is 12.3. The number of unbranched alkanes of at least 4 members (excludes halogenated alkanes) is 1. The summed E-state index contributed by atoms with van der Waals surface area (Å²) in [4.78, 5) is 2.41. The molecule has 0 radical (unpaired) electrons. The normalized spacial score (nSPS) is 19.3. The summed E-state index contributed by atoms with van der Waals surface area (Å²) < 4.78 is 0. The molecule has 0 saturated carbocycles. The first-order valence-electron chi connectivity index (χ1n) is 7.71. The van der Waals surface area contributed by atoms with E-state index in [9.17, 15) is 5.11 Å². The lowest BCUT2D eigenvalue weighted by Crippen LogP contribution is -2.33. The van der Waals surface area contributed by atoms with E-state index >= 15 is 0 Å². The fraction of sp³-hybridized carbons (Fsp3) is 0.625. The van der Waals surface area contributed by atoms with E-state index in [0.717, 1.165) is 54.5 Å². The van der Waals surface area contributed by atoms with Crippen LogP contribution in [-0.2, 0) is 6.54 Å². The average Bonchev–Trinajstić information content (AvgIpc) is 2.92. The highest BCUT2D eigenvalue weighted by Gasteiger charge is 2.22. The summed E-state index contributed by atoms with van der Waals surface area (Å²) in [6.07, 6.45) is 4.63. The first-order valence-corrected chi connectivity index (χ1v) is 8.46. The molecule has 1 saturated heterocycles. The maximum atomic E-state index is 9.28. The van der Waals surface area contributed by atoms with E-state index in [1.807, 2.05) is 18.2 Å². The molecule has 3 nitrogen and oxygen atoms in total. The Bertz CT molecular complexity index is 422. The number of hydrogen-bond acceptors (Lipinski definition) is 3. The minimum absolute atomic E-state index is 0.295. The molecule has 1 unspecified atom stereocenters. The van der Waals surface area contributed by atoms with E-state index < -0.39 is 0 Å². The lowest BCUT2D eigenvalue weighted by atomic mass is 10.2. The van der Waals surface area contributed by atoms with E-state index in [2.05, 4.69) is 10.2 Å². The van der Waals surface area contributed by atoms with Crippen LogP contribution in [0.3, 0.4) is 0 Å². The second kappa shape index (κ2) is 8.96. The summed E-state index contributed by atoms with van der Waals surface area (Å²) in [5.41, 5.74) is 0.973. The van der Waals surface area contributed by atoms with Crippen molar-refractivity contribution in [2.24, 2.45) is 0 Å². The molecular formula is C16H24Cl2N2O. The van der Waals surface area contributed by atoms with Crippen LogP contribution in [-0.4, -0.2) is 42.3 Å². The molecule has 1 atom stereocenters. The summed E-state index contributed by atoms with van der Waals surface area (Å²) in [6.45, 7) is 4.18. The van der Waals surface area contributed by atoms with Gasteiger partial charge in [0.25, 0.3) is 0 Å². The Hall–Kier alpha value is -0.320. The fourth-order valence-corrected chi connectivity index (χ4v) is 3.41. The highest BCUT2D eigenvalue weighted by molar-refractivity contribution is 6.35. The number of nitrogens with zero attached hydrogens (tertiary/aromatic N) is 1. The van der Waals surface area contributed by atoms with Gasteiger partial charge in [-0.3, -0.25) is 4.90 Å². The third kappa shape index (κ3) is 5.11. The van der Waals surface area contributed by atoms with Gasteiger partial charge in [-0.25, -0.2) is 0 Å². The van der Waals surface area contributed by atoms with Crippen molar-refractivity contribution in [2.75, 3.05) is 26.2 Å². The van der Waals surface area contributed by atoms with E-state index in [4.69, 9.17) is 23.2 Å². The van der Waals surface area contributed by atoms with Crippen molar-refractivity contribution in [3.05, 3.63) is 33.8 Å². The molecule has 1 fully saturated rings. The molecular weight excluding hydrogens is 307 g/mol. The van der Waals surface area contributed by atoms with Crippen LogP contribution in [0.15, 0.2) is 18.2 Å². The molecule has 0 spiro atoms. The van der Waals surface area contributed by atoms with Gasteiger partial charge in [-0.2, -0.15) is 0 Å². The second-order valence-corrected chi connectivity index (χ2v) is 6.41. The van der Waals surface area contributed by atoms with Crippen molar-refractivity contribution in [1.82, 2.24) is 10.2 Å². The van der Waals surface area contributed by atoms with Gasteiger partial charge in [0.2, 0.25) is 0 Å². The van der Waals surface area contributed by atoms with Gasteiger partial charge in [0.05, 0.1) is 6.61 Å². The number of rotatable bonds is 8. The third-order valence-electron chi connectivity index (χ3n) is 4.12. The number of halogens is 2. The van der Waals surface area contributed by atoms with Crippen LogP contribution in [0.25, 0.3) is 0 Å². The highest BCUT2D eigenvalue weighted by atomic mass is 35.5. The Morgan fingerprint density at radius 2 is 2.00 bits per heavy atom. The molecule has 1 aromatic rings. The van der Waals surface area contributed by atoms with Crippen molar-refractivity contribution >= 4 is 23.2 Å². The first kappa shape index (κ1) is 17.0. The Balaban J connectivity index is 1.60. The van der Waals surface area contributed by atoms with Crippen LogP contribution in [0.5, 0.6) is 0 Å². The molecule has 1 heterocycles. The molecule has 0 amide bonds. The number of likely N-dealkylation sites (tertiary alicyclic amines) is 1. The molecule has 0 aliphatic carbocycles. The van der Waals surface area contributed by atoms with Crippen molar-refractivity contribution in [2.45, 2.75) is 38.3 Å².